The lowest BCUT2D eigenvalue weighted by Crippen LogP contribution is -2.20. The number of benzene rings is 1. The summed E-state index contributed by atoms with van der Waals surface area (Å²) in [6.07, 6.45) is 3.26. The van der Waals surface area contributed by atoms with E-state index in [1.807, 2.05) is 53.2 Å². The van der Waals surface area contributed by atoms with Gasteiger partial charge in [0.05, 0.1) is 17.4 Å². The summed E-state index contributed by atoms with van der Waals surface area (Å²) < 4.78 is 1.82. The Morgan fingerprint density at radius 3 is 2.35 bits per heavy atom. The molecule has 5 heteroatoms. The lowest BCUT2D eigenvalue weighted by molar-refractivity contribution is 0.0958. The van der Waals surface area contributed by atoms with Crippen molar-refractivity contribution in [1.82, 2.24) is 14.9 Å². The van der Waals surface area contributed by atoms with Gasteiger partial charge in [-0.3, -0.25) is 4.79 Å². The van der Waals surface area contributed by atoms with Gasteiger partial charge in [0.1, 0.15) is 0 Å². The molecule has 2 aromatic heterocycles. The Bertz CT molecular complexity index is 846. The molecule has 1 fully saturated rings. The van der Waals surface area contributed by atoms with Crippen LogP contribution in [0.25, 0.3) is 5.52 Å². The van der Waals surface area contributed by atoms with E-state index in [9.17, 15) is 4.79 Å². The number of nitrogens with one attached hydrogen (secondary N) is 1. The van der Waals surface area contributed by atoms with Crippen molar-refractivity contribution in [2.45, 2.75) is 20.3 Å². The van der Waals surface area contributed by atoms with Crippen molar-refractivity contribution in [2.24, 2.45) is 5.92 Å². The van der Waals surface area contributed by atoms with Gasteiger partial charge in [-0.15, -0.1) is 0 Å². The number of carbonyl (C=O) groups excluding carboxylic acids is 1. The molecule has 1 aliphatic rings. The summed E-state index contributed by atoms with van der Waals surface area (Å²) >= 11 is 0. The Morgan fingerprint density at radius 2 is 1.81 bits per heavy atom. The molecule has 3 aromatic rings. The normalized spacial score (nSPS) is 16.3. The first kappa shape index (κ1) is 18.0. The fourth-order valence-corrected chi connectivity index (χ4v) is 3.21. The van der Waals surface area contributed by atoms with E-state index in [0.29, 0.717) is 5.69 Å². The zero-order chi connectivity index (χ0) is 18.5. The smallest absolute Gasteiger partial charge is 0.271 e. The van der Waals surface area contributed by atoms with Gasteiger partial charge in [-0.25, -0.2) is 4.52 Å². The summed E-state index contributed by atoms with van der Waals surface area (Å²) in [5, 5.41) is 6.99. The highest BCUT2D eigenvalue weighted by Crippen LogP contribution is 2.26. The molecule has 1 N–H and O–H groups in total. The van der Waals surface area contributed by atoms with Gasteiger partial charge < -0.3 is 10.2 Å². The third kappa shape index (κ3) is 4.04. The highest BCUT2D eigenvalue weighted by molar-refractivity contribution is 5.93. The summed E-state index contributed by atoms with van der Waals surface area (Å²) in [5.74, 6) is 0.592. The molecule has 136 valence electrons. The first-order chi connectivity index (χ1) is 12.6. The third-order valence-corrected chi connectivity index (χ3v) is 4.67. The molecule has 0 spiro atoms. The Kier molecular flexibility index (Phi) is 5.56. The molecule has 0 saturated carbocycles. The molecule has 4 rings (SSSR count). The molecular weight excluding hydrogens is 324 g/mol. The Labute approximate surface area is 154 Å². The predicted molar refractivity (Wildman–Crippen MR) is 106 cm³/mol. The van der Waals surface area contributed by atoms with Crippen molar-refractivity contribution in [3.05, 3.63) is 66.0 Å². The van der Waals surface area contributed by atoms with Crippen molar-refractivity contribution in [1.29, 1.82) is 0 Å². The minimum absolute atomic E-state index is 0.149. The van der Waals surface area contributed by atoms with Crippen LogP contribution in [0.4, 0.5) is 5.69 Å². The first-order valence-electron chi connectivity index (χ1n) is 9.05. The second kappa shape index (κ2) is 8.04. The summed E-state index contributed by atoms with van der Waals surface area (Å²) in [4.78, 5) is 14.1. The van der Waals surface area contributed by atoms with Gasteiger partial charge in [0.15, 0.2) is 5.69 Å². The molecule has 26 heavy (non-hydrogen) atoms. The van der Waals surface area contributed by atoms with Gasteiger partial charge in [-0.2, -0.15) is 5.10 Å². The number of aromatic nitrogens is 2. The third-order valence-electron chi connectivity index (χ3n) is 4.67. The molecule has 1 saturated heterocycles. The molecule has 3 heterocycles. The number of rotatable bonds is 2. The van der Waals surface area contributed by atoms with Crippen molar-refractivity contribution < 1.29 is 4.79 Å². The van der Waals surface area contributed by atoms with Gasteiger partial charge in [0.2, 0.25) is 0 Å². The Balaban J connectivity index is 0.000000278. The monoisotopic (exact) mass is 350 g/mol. The minimum Gasteiger partial charge on any atom is -0.370 e. The zero-order valence-corrected chi connectivity index (χ0v) is 15.6. The number of aryl methyl sites for hydroxylation is 1. The van der Waals surface area contributed by atoms with Crippen LogP contribution in [0.1, 0.15) is 29.4 Å². The summed E-state index contributed by atoms with van der Waals surface area (Å²) in [6.45, 7) is 6.53. The Morgan fingerprint density at radius 1 is 1.15 bits per heavy atom. The maximum atomic E-state index is 11.7. The van der Waals surface area contributed by atoms with E-state index in [2.05, 4.69) is 35.2 Å². The van der Waals surface area contributed by atoms with E-state index in [0.717, 1.165) is 30.1 Å². The number of hydrogen-bond donors (Lipinski definition) is 1. The number of fused-ring (bicyclic) bond motifs is 1. The van der Waals surface area contributed by atoms with Crippen molar-refractivity contribution in [2.75, 3.05) is 25.0 Å². The summed E-state index contributed by atoms with van der Waals surface area (Å²) in [6, 6.07) is 16.0. The molecule has 1 unspecified atom stereocenters. The number of pyridine rings is 1. The van der Waals surface area contributed by atoms with Crippen molar-refractivity contribution >= 4 is 17.1 Å². The van der Waals surface area contributed by atoms with Crippen LogP contribution in [0.3, 0.4) is 0 Å². The largest absolute Gasteiger partial charge is 0.370 e. The van der Waals surface area contributed by atoms with Crippen molar-refractivity contribution in [3.63, 3.8) is 0 Å². The molecule has 0 aliphatic carbocycles. The van der Waals surface area contributed by atoms with E-state index in [-0.39, 0.29) is 5.91 Å². The Hall–Kier alpha value is -2.82. The number of carbonyl (C=O) groups is 1. The average molecular weight is 350 g/mol. The topological polar surface area (TPSA) is 49.6 Å². The van der Waals surface area contributed by atoms with Crippen molar-refractivity contribution in [3.8, 4) is 0 Å². The molecule has 1 atom stereocenters. The van der Waals surface area contributed by atoms with Gasteiger partial charge in [-0.1, -0.05) is 43.3 Å². The molecule has 1 amide bonds. The van der Waals surface area contributed by atoms with E-state index >= 15 is 0 Å². The lowest BCUT2D eigenvalue weighted by Gasteiger charge is -2.19. The standard InChI is InChI=1S/C15H20N4O.C6H6/c1-10-4-5-18(8-10)12-6-11(2)14-7-13(15(20)16-3)17-19(14)9-12;1-2-4-6-5-3-1/h6-7,9-10H,4-5,8H2,1-3H3,(H,16,20);1-6H. The summed E-state index contributed by atoms with van der Waals surface area (Å²) in [5.41, 5.74) is 3.78. The molecular formula is C21H26N4O. The van der Waals surface area contributed by atoms with Crippen LogP contribution in [-0.2, 0) is 0 Å². The molecule has 5 nitrogen and oxygen atoms in total. The van der Waals surface area contributed by atoms with Crippen LogP contribution < -0.4 is 10.2 Å². The zero-order valence-electron chi connectivity index (χ0n) is 15.6. The lowest BCUT2D eigenvalue weighted by atomic mass is 10.2. The second-order valence-corrected chi connectivity index (χ2v) is 6.81. The maximum absolute atomic E-state index is 11.7. The van der Waals surface area contributed by atoms with Crippen LogP contribution in [0.5, 0.6) is 0 Å². The minimum atomic E-state index is -0.149. The number of anilines is 1. The SMILES string of the molecule is CNC(=O)c1cc2c(C)cc(N3CCC(C)C3)cn2n1.c1ccccc1. The van der Waals surface area contributed by atoms with E-state index in [4.69, 9.17) is 0 Å². The van der Waals surface area contributed by atoms with Gasteiger partial charge >= 0.3 is 0 Å². The van der Waals surface area contributed by atoms with Gasteiger partial charge in [0, 0.05) is 20.1 Å². The fraction of sp³-hybridized carbons (Fsp3) is 0.333. The van der Waals surface area contributed by atoms with Gasteiger partial charge in [-0.05, 0) is 37.0 Å². The average Bonchev–Trinajstić information content (AvgIpc) is 3.29. The van der Waals surface area contributed by atoms with E-state index in [1.165, 1.54) is 12.1 Å². The predicted octanol–water partition coefficient (Wildman–Crippen LogP) is 3.54. The first-order valence-corrected chi connectivity index (χ1v) is 9.05. The molecule has 1 aromatic carbocycles. The van der Waals surface area contributed by atoms with E-state index < -0.39 is 0 Å². The molecule has 1 aliphatic heterocycles. The summed E-state index contributed by atoms with van der Waals surface area (Å²) in [7, 11) is 1.62. The number of nitrogens with zero attached hydrogens (tertiary/aromatic N) is 3. The fourth-order valence-electron chi connectivity index (χ4n) is 3.21. The highest BCUT2D eigenvalue weighted by Gasteiger charge is 2.20. The van der Waals surface area contributed by atoms with Crippen LogP contribution in [0, 0.1) is 12.8 Å². The maximum Gasteiger partial charge on any atom is 0.271 e. The quantitative estimate of drug-likeness (QED) is 0.769. The van der Waals surface area contributed by atoms with Gasteiger partial charge in [0.25, 0.3) is 5.91 Å². The molecule has 0 bridgehead atoms. The number of amides is 1. The van der Waals surface area contributed by atoms with Crippen LogP contribution in [0.15, 0.2) is 54.7 Å². The molecule has 0 radical (unpaired) electrons. The number of hydrogen-bond acceptors (Lipinski definition) is 3. The van der Waals surface area contributed by atoms with Crippen LogP contribution >= 0.6 is 0 Å². The van der Waals surface area contributed by atoms with E-state index in [1.54, 1.807) is 7.05 Å². The highest BCUT2D eigenvalue weighted by atomic mass is 16.1. The second-order valence-electron chi connectivity index (χ2n) is 6.81. The van der Waals surface area contributed by atoms with Crippen LogP contribution in [0.2, 0.25) is 0 Å². The van der Waals surface area contributed by atoms with Crippen LogP contribution in [-0.4, -0.2) is 35.7 Å².